The number of nitrogens with zero attached hydrogens (tertiary/aromatic N) is 3. The van der Waals surface area contributed by atoms with Crippen LogP contribution in [0.2, 0.25) is 0 Å². The highest BCUT2D eigenvalue weighted by Gasteiger charge is 2.44. The van der Waals surface area contributed by atoms with E-state index in [2.05, 4.69) is 39.9 Å². The number of likely N-dealkylation sites (tertiary alicyclic amines) is 1. The van der Waals surface area contributed by atoms with Gasteiger partial charge in [0.2, 0.25) is 5.91 Å². The van der Waals surface area contributed by atoms with Crippen LogP contribution in [-0.2, 0) is 9.53 Å². The van der Waals surface area contributed by atoms with Crippen molar-refractivity contribution in [2.24, 2.45) is 22.2 Å². The number of amides is 1. The van der Waals surface area contributed by atoms with Crippen molar-refractivity contribution in [1.82, 2.24) is 15.5 Å². The Kier molecular flexibility index (Phi) is 5.51. The number of nitrogens with two attached hydrogens (primary N) is 2. The highest BCUT2D eigenvalue weighted by atomic mass is 16.5. The lowest BCUT2D eigenvalue weighted by molar-refractivity contribution is -0.169. The summed E-state index contributed by atoms with van der Waals surface area (Å²) in [6.07, 6.45) is 1.92. The molecule has 3 aromatic rings. The third-order valence-electron chi connectivity index (χ3n) is 6.80. The first kappa shape index (κ1) is 21.4. The molecular formula is C24H28N6O3. The predicted molar refractivity (Wildman–Crippen MR) is 125 cm³/mol. The Bertz CT molecular complexity index is 1190. The lowest BCUT2D eigenvalue weighted by atomic mass is 9.84. The molecule has 0 saturated carbocycles. The van der Waals surface area contributed by atoms with Gasteiger partial charge >= 0.3 is 0 Å². The number of hydrogen-bond donors (Lipinski definition) is 3. The number of piperidine rings is 1. The number of carbonyl (C=O) groups excluding carboxylic acids is 1. The van der Waals surface area contributed by atoms with Gasteiger partial charge in [-0.3, -0.25) is 4.79 Å². The smallest absolute Gasteiger partial charge is 0.233 e. The van der Waals surface area contributed by atoms with Gasteiger partial charge in [-0.1, -0.05) is 29.4 Å². The molecule has 2 fully saturated rings. The fourth-order valence-electron chi connectivity index (χ4n) is 4.73. The van der Waals surface area contributed by atoms with Crippen LogP contribution in [0.3, 0.4) is 0 Å². The topological polar surface area (TPSA) is 132 Å². The first-order valence-electron chi connectivity index (χ1n) is 11.1. The van der Waals surface area contributed by atoms with Crippen molar-refractivity contribution >= 4 is 22.6 Å². The number of hydrazine groups is 1. The van der Waals surface area contributed by atoms with Crippen LogP contribution in [0.4, 0.5) is 0 Å². The van der Waals surface area contributed by atoms with Crippen LogP contribution in [0.1, 0.15) is 36.8 Å². The Balaban J connectivity index is 1.31. The molecule has 172 valence electrons. The molecule has 2 aliphatic rings. The number of amidine groups is 1. The average molecular weight is 449 g/mol. The Hall–Kier alpha value is -3.43. The van der Waals surface area contributed by atoms with E-state index in [1.165, 1.54) is 5.56 Å². The summed E-state index contributed by atoms with van der Waals surface area (Å²) in [4.78, 5) is 14.7. The number of fused-ring (bicyclic) bond motifs is 1. The Morgan fingerprint density at radius 1 is 1.18 bits per heavy atom. The minimum Gasteiger partial charge on any atom is -0.379 e. The molecule has 0 unspecified atom stereocenters. The molecule has 9 nitrogen and oxygen atoms in total. The maximum atomic E-state index is 12.7. The third kappa shape index (κ3) is 3.83. The van der Waals surface area contributed by atoms with E-state index < -0.39 is 0 Å². The van der Waals surface area contributed by atoms with E-state index in [9.17, 15) is 4.79 Å². The molecule has 0 bridgehead atoms. The monoisotopic (exact) mass is 448 g/mol. The van der Waals surface area contributed by atoms with E-state index in [4.69, 9.17) is 20.9 Å². The lowest BCUT2D eigenvalue weighted by Gasteiger charge is -2.42. The van der Waals surface area contributed by atoms with Crippen molar-refractivity contribution < 1.29 is 14.1 Å². The van der Waals surface area contributed by atoms with E-state index in [0.29, 0.717) is 30.7 Å². The van der Waals surface area contributed by atoms with Crippen LogP contribution in [-0.4, -0.2) is 48.1 Å². The van der Waals surface area contributed by atoms with Gasteiger partial charge in [-0.15, -0.1) is 0 Å². The molecule has 0 spiro atoms. The number of hydrazone groups is 1. The van der Waals surface area contributed by atoms with Crippen molar-refractivity contribution in [3.8, 4) is 11.3 Å². The molecule has 33 heavy (non-hydrogen) atoms. The third-order valence-corrected chi connectivity index (χ3v) is 6.80. The number of aromatic nitrogens is 1. The van der Waals surface area contributed by atoms with Crippen LogP contribution in [0, 0.1) is 5.41 Å². The van der Waals surface area contributed by atoms with Gasteiger partial charge in [0.05, 0.1) is 24.0 Å². The van der Waals surface area contributed by atoms with E-state index >= 15 is 0 Å². The second-order valence-corrected chi connectivity index (χ2v) is 9.11. The van der Waals surface area contributed by atoms with E-state index in [1.54, 1.807) is 0 Å². The first-order valence-corrected chi connectivity index (χ1v) is 11.1. The standard InChI is InChI=1S/C24H28N6O3/c1-24(13-32-14-24)23(31)30-10-8-16(9-11-30)15-2-4-17(5-3-15)21-19-12-18(22(27-25)28-26)6-7-20(19)29-33-21/h2-7,12,16H,8-11,13-14,25-26H2,1H3,(H,27,28). The fraction of sp³-hybridized carbons (Fsp3) is 0.375. The van der Waals surface area contributed by atoms with Gasteiger partial charge in [0.1, 0.15) is 5.52 Å². The van der Waals surface area contributed by atoms with Gasteiger partial charge in [0.15, 0.2) is 11.6 Å². The van der Waals surface area contributed by atoms with Crippen LogP contribution in [0.15, 0.2) is 52.1 Å². The number of carbonyl (C=O) groups is 1. The Morgan fingerprint density at radius 2 is 1.91 bits per heavy atom. The number of benzene rings is 2. The van der Waals surface area contributed by atoms with Gasteiger partial charge in [-0.2, -0.15) is 5.10 Å². The lowest BCUT2D eigenvalue weighted by Crippen LogP contribution is -2.54. The van der Waals surface area contributed by atoms with Crippen molar-refractivity contribution in [3.05, 3.63) is 53.6 Å². The molecule has 0 aliphatic carbocycles. The van der Waals surface area contributed by atoms with E-state index in [1.807, 2.05) is 30.0 Å². The zero-order chi connectivity index (χ0) is 23.0. The second-order valence-electron chi connectivity index (χ2n) is 9.11. The molecule has 1 aromatic heterocycles. The zero-order valence-electron chi connectivity index (χ0n) is 18.6. The summed E-state index contributed by atoms with van der Waals surface area (Å²) in [6, 6.07) is 14.0. The highest BCUT2D eigenvalue weighted by molar-refractivity contribution is 6.03. The fourth-order valence-corrected chi connectivity index (χ4v) is 4.73. The Labute approximate surface area is 191 Å². The second kappa shape index (κ2) is 8.49. The van der Waals surface area contributed by atoms with Gasteiger partial charge in [0.25, 0.3) is 0 Å². The van der Waals surface area contributed by atoms with Gasteiger partial charge < -0.3 is 25.4 Å². The van der Waals surface area contributed by atoms with Crippen molar-refractivity contribution in [2.45, 2.75) is 25.7 Å². The van der Waals surface area contributed by atoms with Gasteiger partial charge in [0, 0.05) is 24.2 Å². The normalized spacial score (nSPS) is 18.8. The van der Waals surface area contributed by atoms with Crippen LogP contribution in [0.5, 0.6) is 0 Å². The summed E-state index contributed by atoms with van der Waals surface area (Å²) in [5.74, 6) is 12.6. The molecule has 1 amide bonds. The van der Waals surface area contributed by atoms with Crippen molar-refractivity contribution in [2.75, 3.05) is 26.3 Å². The summed E-state index contributed by atoms with van der Waals surface area (Å²) < 4.78 is 10.9. The number of ether oxygens (including phenoxy) is 1. The van der Waals surface area contributed by atoms with Crippen molar-refractivity contribution in [3.63, 3.8) is 0 Å². The summed E-state index contributed by atoms with van der Waals surface area (Å²) in [5, 5.41) is 8.70. The number of nitrogens with one attached hydrogen (secondary N) is 1. The van der Waals surface area contributed by atoms with Crippen LogP contribution >= 0.6 is 0 Å². The summed E-state index contributed by atoms with van der Waals surface area (Å²) in [7, 11) is 0. The summed E-state index contributed by atoms with van der Waals surface area (Å²) >= 11 is 0. The molecule has 3 heterocycles. The maximum Gasteiger partial charge on any atom is 0.233 e. The van der Waals surface area contributed by atoms with Crippen LogP contribution < -0.4 is 17.1 Å². The molecule has 5 N–H and O–H groups in total. The molecule has 5 rings (SSSR count). The number of hydrogen-bond acceptors (Lipinski definition) is 7. The van der Waals surface area contributed by atoms with E-state index in [0.717, 1.165) is 48.0 Å². The van der Waals surface area contributed by atoms with Gasteiger partial charge in [-0.05, 0) is 49.4 Å². The maximum absolute atomic E-state index is 12.7. The van der Waals surface area contributed by atoms with Gasteiger partial charge in [-0.25, -0.2) is 5.84 Å². The molecule has 0 radical (unpaired) electrons. The molecule has 2 aromatic carbocycles. The average Bonchev–Trinajstić information content (AvgIpc) is 3.26. The summed E-state index contributed by atoms with van der Waals surface area (Å²) in [5.41, 5.74) is 5.88. The highest BCUT2D eigenvalue weighted by Crippen LogP contribution is 2.35. The largest absolute Gasteiger partial charge is 0.379 e. The van der Waals surface area contributed by atoms with Crippen LogP contribution in [0.25, 0.3) is 22.2 Å². The molecule has 2 aliphatic heterocycles. The minimum atomic E-state index is -0.328. The first-order chi connectivity index (χ1) is 16.0. The molecule has 0 atom stereocenters. The minimum absolute atomic E-state index is 0.229. The predicted octanol–water partition coefficient (Wildman–Crippen LogP) is 2.32. The molecular weight excluding hydrogens is 420 g/mol. The SMILES string of the molecule is CC1(C(=O)N2CCC(c3ccc(-c4onc5ccc(/C(=N/N)NN)cc45)cc3)CC2)COC1. The number of rotatable bonds is 4. The summed E-state index contributed by atoms with van der Waals surface area (Å²) in [6.45, 7) is 4.64. The van der Waals surface area contributed by atoms with E-state index in [-0.39, 0.29) is 11.3 Å². The Morgan fingerprint density at radius 3 is 2.52 bits per heavy atom. The zero-order valence-corrected chi connectivity index (χ0v) is 18.6. The molecule has 2 saturated heterocycles. The molecule has 9 heteroatoms. The van der Waals surface area contributed by atoms with Crippen molar-refractivity contribution in [1.29, 1.82) is 0 Å². The quantitative estimate of drug-likeness (QED) is 0.241.